The van der Waals surface area contributed by atoms with Crippen molar-refractivity contribution in [2.24, 2.45) is 0 Å². The monoisotopic (exact) mass is 585 g/mol. The summed E-state index contributed by atoms with van der Waals surface area (Å²) in [6.07, 6.45) is 5.87. The number of fused-ring (bicyclic) bond motifs is 2. The van der Waals surface area contributed by atoms with Gasteiger partial charge >= 0.3 is 0 Å². The number of nitrogens with zero attached hydrogens (tertiary/aromatic N) is 5. The average Bonchev–Trinajstić information content (AvgIpc) is 3.74. The molecule has 0 radical (unpaired) electrons. The number of pyridine rings is 1. The van der Waals surface area contributed by atoms with E-state index >= 15 is 0 Å². The highest BCUT2D eigenvalue weighted by atomic mass is 32.1. The molecule has 9 heteroatoms. The zero-order chi connectivity index (χ0) is 29.5. The summed E-state index contributed by atoms with van der Waals surface area (Å²) < 4.78 is 2.04. The smallest absolute Gasteiger partial charge is 0.265 e. The lowest BCUT2D eigenvalue weighted by atomic mass is 10.1. The number of carbonyl (C=O) groups excluding carboxylic acids is 1. The van der Waals surface area contributed by atoms with Gasteiger partial charge in [-0.2, -0.15) is 0 Å². The SMILES string of the molecule is Cc1ccc(C(=O)Nc2cccc(-c3nc4ccccn4c3-c3ccnc(Nc4ccc5c(c4)CC(N(C)C)C5)n3)c2)s1. The molecule has 1 unspecified atom stereocenters. The number of aryl methyl sites for hydroxylation is 1. The minimum absolute atomic E-state index is 0.124. The fourth-order valence-electron chi connectivity index (χ4n) is 5.65. The first-order chi connectivity index (χ1) is 20.9. The minimum Gasteiger partial charge on any atom is -0.324 e. The molecular weight excluding hydrogens is 554 g/mol. The van der Waals surface area contributed by atoms with Crippen LogP contribution < -0.4 is 10.6 Å². The third kappa shape index (κ3) is 5.40. The molecule has 4 heterocycles. The third-order valence-electron chi connectivity index (χ3n) is 7.89. The van der Waals surface area contributed by atoms with E-state index in [1.165, 1.54) is 22.5 Å². The van der Waals surface area contributed by atoms with Crippen LogP contribution >= 0.6 is 11.3 Å². The van der Waals surface area contributed by atoms with Crippen LogP contribution in [0.4, 0.5) is 17.3 Å². The quantitative estimate of drug-likeness (QED) is 0.213. The Morgan fingerprint density at radius 1 is 0.930 bits per heavy atom. The summed E-state index contributed by atoms with van der Waals surface area (Å²) in [5, 5.41) is 6.46. The van der Waals surface area contributed by atoms with E-state index in [1.54, 1.807) is 6.20 Å². The summed E-state index contributed by atoms with van der Waals surface area (Å²) in [6, 6.07) is 26.5. The molecule has 7 rings (SSSR count). The molecule has 0 spiro atoms. The summed E-state index contributed by atoms with van der Waals surface area (Å²) in [6.45, 7) is 1.99. The number of anilines is 3. The molecule has 1 atom stereocenters. The van der Waals surface area contributed by atoms with E-state index in [0.29, 0.717) is 22.6 Å². The highest BCUT2D eigenvalue weighted by molar-refractivity contribution is 7.14. The van der Waals surface area contributed by atoms with Crippen molar-refractivity contribution < 1.29 is 4.79 Å². The molecule has 1 aliphatic rings. The number of thiophene rings is 1. The maximum absolute atomic E-state index is 12.9. The molecular formula is C34H31N7OS. The van der Waals surface area contributed by atoms with Crippen molar-refractivity contribution in [1.82, 2.24) is 24.3 Å². The standard InChI is InChI=1S/C34H31N7OS/c1-21-10-13-29(43-21)33(42)36-25-8-6-7-23(17-25)31-32(41-16-5-4-9-30(41)39-31)28-14-15-35-34(38-28)37-26-12-11-22-19-27(40(2)3)20-24(22)18-26/h4-18,27H,19-20H2,1-3H3,(H,36,42)(H,35,37,38). The summed E-state index contributed by atoms with van der Waals surface area (Å²) >= 11 is 1.48. The van der Waals surface area contributed by atoms with Gasteiger partial charge in [0.2, 0.25) is 5.95 Å². The lowest BCUT2D eigenvalue weighted by Crippen LogP contribution is -2.27. The van der Waals surface area contributed by atoms with Crippen molar-refractivity contribution in [2.45, 2.75) is 25.8 Å². The maximum Gasteiger partial charge on any atom is 0.265 e. The van der Waals surface area contributed by atoms with Crippen LogP contribution in [0.1, 0.15) is 25.7 Å². The van der Waals surface area contributed by atoms with Crippen LogP contribution in [-0.2, 0) is 12.8 Å². The van der Waals surface area contributed by atoms with Gasteiger partial charge in [-0.1, -0.05) is 24.3 Å². The summed E-state index contributed by atoms with van der Waals surface area (Å²) in [5.41, 5.74) is 8.48. The van der Waals surface area contributed by atoms with Crippen LogP contribution in [0, 0.1) is 6.92 Å². The van der Waals surface area contributed by atoms with Gasteiger partial charge in [-0.05, 0) is 99.6 Å². The second-order valence-corrected chi connectivity index (χ2v) is 12.4. The van der Waals surface area contributed by atoms with Crippen LogP contribution in [0.5, 0.6) is 0 Å². The van der Waals surface area contributed by atoms with Crippen molar-refractivity contribution in [3.05, 3.63) is 112 Å². The van der Waals surface area contributed by atoms with Crippen LogP contribution in [0.3, 0.4) is 0 Å². The lowest BCUT2D eigenvalue weighted by molar-refractivity contribution is 0.103. The first-order valence-electron chi connectivity index (χ1n) is 14.3. The number of carbonyl (C=O) groups is 1. The van der Waals surface area contributed by atoms with Crippen LogP contribution in [0.2, 0.25) is 0 Å². The molecule has 0 fully saturated rings. The molecule has 8 nitrogen and oxygen atoms in total. The van der Waals surface area contributed by atoms with Crippen LogP contribution in [-0.4, -0.2) is 50.3 Å². The largest absolute Gasteiger partial charge is 0.324 e. The van der Waals surface area contributed by atoms with Crippen LogP contribution in [0.25, 0.3) is 28.3 Å². The number of nitrogens with one attached hydrogen (secondary N) is 2. The zero-order valence-corrected chi connectivity index (χ0v) is 25.0. The van der Waals surface area contributed by atoms with Crippen molar-refractivity contribution in [2.75, 3.05) is 24.7 Å². The van der Waals surface area contributed by atoms with Gasteiger partial charge in [0.15, 0.2) is 0 Å². The number of benzene rings is 2. The van der Waals surface area contributed by atoms with E-state index in [0.717, 1.165) is 51.7 Å². The first kappa shape index (κ1) is 27.0. The highest BCUT2D eigenvalue weighted by Crippen LogP contribution is 2.34. The molecule has 43 heavy (non-hydrogen) atoms. The van der Waals surface area contributed by atoms with Crippen LogP contribution in [0.15, 0.2) is 91.3 Å². The summed E-state index contributed by atoms with van der Waals surface area (Å²) in [7, 11) is 4.28. The van der Waals surface area contributed by atoms with E-state index < -0.39 is 0 Å². The van der Waals surface area contributed by atoms with Gasteiger partial charge in [0.25, 0.3) is 5.91 Å². The highest BCUT2D eigenvalue weighted by Gasteiger charge is 2.23. The van der Waals surface area contributed by atoms with E-state index in [4.69, 9.17) is 9.97 Å². The Balaban J connectivity index is 1.22. The van der Waals surface area contributed by atoms with Gasteiger partial charge in [0.05, 0.1) is 22.0 Å². The summed E-state index contributed by atoms with van der Waals surface area (Å²) in [5.74, 6) is 0.393. The van der Waals surface area contributed by atoms with E-state index in [1.807, 2.05) is 78.2 Å². The van der Waals surface area contributed by atoms with Gasteiger partial charge < -0.3 is 15.5 Å². The number of hydrogen-bond donors (Lipinski definition) is 2. The fraction of sp³-hybridized carbons (Fsp3) is 0.176. The molecule has 214 valence electrons. The van der Waals surface area contributed by atoms with Gasteiger partial charge in [-0.3, -0.25) is 9.20 Å². The normalized spacial score (nSPS) is 14.3. The second-order valence-electron chi connectivity index (χ2n) is 11.1. The zero-order valence-electron chi connectivity index (χ0n) is 24.2. The molecule has 1 amide bonds. The topological polar surface area (TPSA) is 87.5 Å². The van der Waals surface area contributed by atoms with Gasteiger partial charge in [0.1, 0.15) is 5.65 Å². The van der Waals surface area contributed by atoms with Crippen molar-refractivity contribution >= 4 is 40.2 Å². The predicted octanol–water partition coefficient (Wildman–Crippen LogP) is 6.85. The molecule has 4 aromatic heterocycles. The number of hydrogen-bond acceptors (Lipinski definition) is 7. The number of rotatable bonds is 7. The molecule has 2 N–H and O–H groups in total. The van der Waals surface area contributed by atoms with Gasteiger partial charge in [-0.15, -0.1) is 11.3 Å². The number of amides is 1. The third-order valence-corrected chi connectivity index (χ3v) is 8.89. The van der Waals surface area contributed by atoms with Gasteiger partial charge in [0, 0.05) is 40.3 Å². The molecule has 1 aliphatic carbocycles. The number of likely N-dealkylation sites (N-methyl/N-ethyl adjacent to an activating group) is 1. The van der Waals surface area contributed by atoms with E-state index in [-0.39, 0.29) is 5.91 Å². The molecule has 0 saturated carbocycles. The number of aromatic nitrogens is 4. The number of imidazole rings is 1. The Morgan fingerprint density at radius 3 is 2.65 bits per heavy atom. The molecule has 6 aromatic rings. The Hall–Kier alpha value is -4.86. The average molecular weight is 586 g/mol. The second kappa shape index (κ2) is 11.1. The molecule has 2 aromatic carbocycles. The van der Waals surface area contributed by atoms with E-state index in [2.05, 4.69) is 52.8 Å². The Labute approximate surface area is 254 Å². The van der Waals surface area contributed by atoms with Crippen molar-refractivity contribution in [3.8, 4) is 22.6 Å². The van der Waals surface area contributed by atoms with Gasteiger partial charge in [-0.25, -0.2) is 15.0 Å². The lowest BCUT2D eigenvalue weighted by Gasteiger charge is -2.17. The molecule has 0 aliphatic heterocycles. The molecule has 0 saturated heterocycles. The Kier molecular flexibility index (Phi) is 6.96. The van der Waals surface area contributed by atoms with Crippen molar-refractivity contribution in [1.29, 1.82) is 0 Å². The fourth-order valence-corrected chi connectivity index (χ4v) is 6.42. The van der Waals surface area contributed by atoms with Crippen molar-refractivity contribution in [3.63, 3.8) is 0 Å². The minimum atomic E-state index is -0.124. The van der Waals surface area contributed by atoms with E-state index in [9.17, 15) is 4.79 Å². The predicted molar refractivity (Wildman–Crippen MR) is 173 cm³/mol. The Bertz CT molecular complexity index is 1980. The summed E-state index contributed by atoms with van der Waals surface area (Å²) in [4.78, 5) is 31.4. The molecule has 0 bridgehead atoms. The maximum atomic E-state index is 12.9. The first-order valence-corrected chi connectivity index (χ1v) is 15.1. The Morgan fingerprint density at radius 2 is 1.81 bits per heavy atom.